The Morgan fingerprint density at radius 3 is 2.59 bits per heavy atom. The second-order valence-electron chi connectivity index (χ2n) is 7.47. The Morgan fingerprint density at radius 1 is 1.17 bits per heavy atom. The molecule has 1 saturated carbocycles. The van der Waals surface area contributed by atoms with Gasteiger partial charge in [0.05, 0.1) is 42.4 Å². The van der Waals surface area contributed by atoms with E-state index in [1.54, 1.807) is 29.9 Å². The number of aliphatic hydroxyl groups excluding tert-OH is 1. The minimum Gasteiger partial charge on any atom is -0.497 e. The summed E-state index contributed by atoms with van der Waals surface area (Å²) >= 11 is 6.41. The van der Waals surface area contributed by atoms with Crippen molar-refractivity contribution in [1.29, 1.82) is 5.26 Å². The first kappa shape index (κ1) is 19.6. The van der Waals surface area contributed by atoms with Crippen molar-refractivity contribution in [3.05, 3.63) is 63.0 Å². The van der Waals surface area contributed by atoms with E-state index in [-0.39, 0.29) is 17.8 Å². The van der Waals surface area contributed by atoms with E-state index in [1.807, 2.05) is 22.8 Å². The first-order chi connectivity index (χ1) is 14.0. The van der Waals surface area contributed by atoms with Gasteiger partial charge in [-0.2, -0.15) is 5.26 Å². The predicted molar refractivity (Wildman–Crippen MR) is 112 cm³/mol. The number of nitrogens with zero attached hydrogens (tertiary/aromatic N) is 3. The summed E-state index contributed by atoms with van der Waals surface area (Å²) in [6.07, 6.45) is 2.58. The molecule has 0 bridgehead atoms. The van der Waals surface area contributed by atoms with Crippen LogP contribution in [0.25, 0.3) is 11.0 Å². The van der Waals surface area contributed by atoms with Crippen LogP contribution in [0.15, 0.2) is 41.2 Å². The number of nitriles is 1. The molecule has 4 rings (SSSR count). The van der Waals surface area contributed by atoms with Crippen LogP contribution in [-0.2, 0) is 6.54 Å². The van der Waals surface area contributed by atoms with Crippen LogP contribution in [0.1, 0.15) is 42.9 Å². The third kappa shape index (κ3) is 3.64. The second kappa shape index (κ2) is 7.94. The average Bonchev–Trinajstić information content (AvgIpc) is 3.00. The molecule has 6 nitrogen and oxygen atoms in total. The van der Waals surface area contributed by atoms with E-state index in [2.05, 4.69) is 6.07 Å². The molecule has 0 radical (unpaired) electrons. The van der Waals surface area contributed by atoms with Gasteiger partial charge in [-0.15, -0.1) is 0 Å². The number of hydrogen-bond donors (Lipinski definition) is 1. The molecule has 1 aliphatic rings. The summed E-state index contributed by atoms with van der Waals surface area (Å²) in [5.74, 6) is 0.654. The summed E-state index contributed by atoms with van der Waals surface area (Å²) in [6, 6.07) is 12.9. The molecule has 3 aromatic rings. The standard InChI is InChI=1S/C22H22ClN3O3/c1-29-18-8-3-15(19(23)11-18)13-25-21-10-14(12-24)2-9-20(21)26(22(25)28)16-4-6-17(27)7-5-16/h2-3,8-11,16-17,27H,4-7,13H2,1H3. The normalized spacial score (nSPS) is 19.2. The van der Waals surface area contributed by atoms with Gasteiger partial charge >= 0.3 is 5.69 Å². The van der Waals surface area contributed by atoms with Gasteiger partial charge in [0.2, 0.25) is 0 Å². The fourth-order valence-electron chi connectivity index (χ4n) is 4.12. The third-order valence-corrected chi connectivity index (χ3v) is 6.06. The molecule has 0 spiro atoms. The van der Waals surface area contributed by atoms with Crippen LogP contribution in [0.4, 0.5) is 0 Å². The molecule has 1 aromatic heterocycles. The zero-order chi connectivity index (χ0) is 20.5. The van der Waals surface area contributed by atoms with Gasteiger partial charge in [0.1, 0.15) is 5.75 Å². The van der Waals surface area contributed by atoms with Gasteiger partial charge in [0, 0.05) is 11.1 Å². The number of methoxy groups -OCH3 is 1. The van der Waals surface area contributed by atoms with Crippen molar-refractivity contribution >= 4 is 22.6 Å². The molecule has 7 heteroatoms. The van der Waals surface area contributed by atoms with Gasteiger partial charge in [-0.1, -0.05) is 17.7 Å². The summed E-state index contributed by atoms with van der Waals surface area (Å²) in [6.45, 7) is 0.301. The first-order valence-electron chi connectivity index (χ1n) is 9.67. The molecule has 0 amide bonds. The predicted octanol–water partition coefficient (Wildman–Crippen LogP) is 3.86. The second-order valence-corrected chi connectivity index (χ2v) is 7.88. The van der Waals surface area contributed by atoms with E-state index in [9.17, 15) is 15.2 Å². The van der Waals surface area contributed by atoms with Crippen molar-refractivity contribution in [2.24, 2.45) is 0 Å². The lowest BCUT2D eigenvalue weighted by molar-refractivity contribution is 0.110. The van der Waals surface area contributed by atoms with Gasteiger partial charge < -0.3 is 9.84 Å². The minimum absolute atomic E-state index is 0.0360. The van der Waals surface area contributed by atoms with E-state index in [0.717, 1.165) is 23.9 Å². The summed E-state index contributed by atoms with van der Waals surface area (Å²) in [5.41, 5.74) is 2.70. The largest absolute Gasteiger partial charge is 0.497 e. The Morgan fingerprint density at radius 2 is 1.93 bits per heavy atom. The highest BCUT2D eigenvalue weighted by Crippen LogP contribution is 2.31. The number of imidazole rings is 1. The maximum absolute atomic E-state index is 13.4. The number of halogens is 1. The molecular weight excluding hydrogens is 390 g/mol. The van der Waals surface area contributed by atoms with Crippen LogP contribution >= 0.6 is 11.6 Å². The van der Waals surface area contributed by atoms with Crippen LogP contribution in [0.5, 0.6) is 5.75 Å². The molecule has 29 heavy (non-hydrogen) atoms. The molecule has 1 N–H and O–H groups in total. The Kier molecular flexibility index (Phi) is 5.35. The Bertz CT molecular complexity index is 1150. The molecule has 2 aromatic carbocycles. The third-order valence-electron chi connectivity index (χ3n) is 5.71. The molecule has 1 aliphatic carbocycles. The van der Waals surface area contributed by atoms with Crippen molar-refractivity contribution in [1.82, 2.24) is 9.13 Å². The highest BCUT2D eigenvalue weighted by molar-refractivity contribution is 6.31. The number of aliphatic hydroxyl groups is 1. The fourth-order valence-corrected chi connectivity index (χ4v) is 4.35. The first-order valence-corrected chi connectivity index (χ1v) is 10.0. The monoisotopic (exact) mass is 411 g/mol. The maximum atomic E-state index is 13.4. The molecule has 1 fully saturated rings. The van der Waals surface area contributed by atoms with E-state index < -0.39 is 0 Å². The fraction of sp³-hybridized carbons (Fsp3) is 0.364. The zero-order valence-corrected chi connectivity index (χ0v) is 16.9. The number of ether oxygens (including phenoxy) is 1. The number of aromatic nitrogens is 2. The molecule has 150 valence electrons. The average molecular weight is 412 g/mol. The Balaban J connectivity index is 1.83. The lowest BCUT2D eigenvalue weighted by atomic mass is 9.93. The SMILES string of the molecule is COc1ccc(Cn2c(=O)n(C3CCC(O)CC3)c3ccc(C#N)cc32)c(Cl)c1. The molecule has 0 aliphatic heterocycles. The molecule has 0 unspecified atom stereocenters. The summed E-state index contributed by atoms with van der Waals surface area (Å²) < 4.78 is 8.70. The lowest BCUT2D eigenvalue weighted by Crippen LogP contribution is -2.31. The molecule has 0 saturated heterocycles. The smallest absolute Gasteiger partial charge is 0.329 e. The van der Waals surface area contributed by atoms with Gasteiger partial charge in [0.15, 0.2) is 0 Å². The van der Waals surface area contributed by atoms with Gasteiger partial charge in [0.25, 0.3) is 0 Å². The zero-order valence-electron chi connectivity index (χ0n) is 16.1. The van der Waals surface area contributed by atoms with Crippen LogP contribution in [0.3, 0.4) is 0 Å². The van der Waals surface area contributed by atoms with E-state index in [4.69, 9.17) is 16.3 Å². The van der Waals surface area contributed by atoms with Crippen molar-refractivity contribution in [2.45, 2.75) is 44.4 Å². The molecular formula is C22H22ClN3O3. The number of hydrogen-bond acceptors (Lipinski definition) is 4. The van der Waals surface area contributed by atoms with E-state index >= 15 is 0 Å². The summed E-state index contributed by atoms with van der Waals surface area (Å²) in [4.78, 5) is 13.4. The van der Waals surface area contributed by atoms with Crippen LogP contribution in [0, 0.1) is 11.3 Å². The maximum Gasteiger partial charge on any atom is 0.329 e. The number of fused-ring (bicyclic) bond motifs is 1. The summed E-state index contributed by atoms with van der Waals surface area (Å²) in [7, 11) is 1.58. The van der Waals surface area contributed by atoms with Crippen LogP contribution in [0.2, 0.25) is 5.02 Å². The van der Waals surface area contributed by atoms with Crippen molar-refractivity contribution < 1.29 is 9.84 Å². The van der Waals surface area contributed by atoms with Crippen LogP contribution in [-0.4, -0.2) is 27.5 Å². The van der Waals surface area contributed by atoms with Crippen molar-refractivity contribution in [2.75, 3.05) is 7.11 Å². The van der Waals surface area contributed by atoms with E-state index in [1.165, 1.54) is 0 Å². The highest BCUT2D eigenvalue weighted by Gasteiger charge is 2.26. The summed E-state index contributed by atoms with van der Waals surface area (Å²) in [5, 5.41) is 19.7. The van der Waals surface area contributed by atoms with Gasteiger partial charge in [-0.25, -0.2) is 4.79 Å². The van der Waals surface area contributed by atoms with Crippen molar-refractivity contribution in [3.63, 3.8) is 0 Å². The van der Waals surface area contributed by atoms with Crippen LogP contribution < -0.4 is 10.4 Å². The van der Waals surface area contributed by atoms with Gasteiger partial charge in [-0.3, -0.25) is 9.13 Å². The molecule has 0 atom stereocenters. The Hall–Kier alpha value is -2.75. The number of benzene rings is 2. The topological polar surface area (TPSA) is 80.2 Å². The lowest BCUT2D eigenvalue weighted by Gasteiger charge is -2.26. The van der Waals surface area contributed by atoms with Crippen molar-refractivity contribution in [3.8, 4) is 11.8 Å². The minimum atomic E-state index is -0.293. The van der Waals surface area contributed by atoms with Gasteiger partial charge in [-0.05, 0) is 61.6 Å². The number of rotatable bonds is 4. The molecule has 1 heterocycles. The highest BCUT2D eigenvalue weighted by atomic mass is 35.5. The Labute approximate surface area is 173 Å². The van der Waals surface area contributed by atoms with E-state index in [0.29, 0.717) is 41.2 Å². The quantitative estimate of drug-likeness (QED) is 0.706.